The van der Waals surface area contributed by atoms with Crippen LogP contribution >= 0.6 is 7.82 Å². The molecule has 0 rings (SSSR count). The average molecular weight is 754 g/mol. The van der Waals surface area contributed by atoms with E-state index in [2.05, 4.69) is 50.3 Å². The summed E-state index contributed by atoms with van der Waals surface area (Å²) < 4.78 is 33.2. The summed E-state index contributed by atoms with van der Waals surface area (Å²) in [4.78, 5) is 22.3. The van der Waals surface area contributed by atoms with Crippen molar-refractivity contribution in [3.63, 3.8) is 0 Å². The lowest BCUT2D eigenvalue weighted by molar-refractivity contribution is -0.147. The number of carbonyl (C=O) groups is 1. The van der Waals surface area contributed by atoms with E-state index in [1.165, 1.54) is 122 Å². The largest absolute Gasteiger partial charge is 0.492 e. The zero-order valence-corrected chi connectivity index (χ0v) is 34.4. The van der Waals surface area contributed by atoms with Gasteiger partial charge in [-0.25, -0.2) is 4.57 Å². The first-order chi connectivity index (χ1) is 25.4. The molecule has 0 aromatic heterocycles. The first kappa shape index (κ1) is 50.3. The molecule has 0 aromatic rings. The van der Waals surface area contributed by atoms with E-state index in [0.717, 1.165) is 44.9 Å². The lowest BCUT2D eigenvalue weighted by Gasteiger charge is -2.19. The molecule has 0 radical (unpaired) electrons. The van der Waals surface area contributed by atoms with E-state index in [1.54, 1.807) is 6.26 Å². The van der Waals surface area contributed by atoms with Crippen LogP contribution in [0.4, 0.5) is 0 Å². The fraction of sp³-hybridized carbons (Fsp3) is 0.791. The Balaban J connectivity index is 4.11. The Morgan fingerprint density at radius 2 is 1.04 bits per heavy atom. The van der Waals surface area contributed by atoms with Crippen LogP contribution in [0.25, 0.3) is 0 Å². The van der Waals surface area contributed by atoms with Crippen molar-refractivity contribution in [2.75, 3.05) is 26.4 Å². The van der Waals surface area contributed by atoms with Gasteiger partial charge < -0.3 is 20.1 Å². The van der Waals surface area contributed by atoms with Crippen LogP contribution in [0.15, 0.2) is 48.8 Å². The minimum absolute atomic E-state index is 0.0716. The summed E-state index contributed by atoms with van der Waals surface area (Å²) in [5.41, 5.74) is 5.36. The Morgan fingerprint density at radius 1 is 0.596 bits per heavy atom. The first-order valence-electron chi connectivity index (χ1n) is 21.2. The predicted octanol–water partition coefficient (Wildman–Crippen LogP) is 12.8. The van der Waals surface area contributed by atoms with Crippen molar-refractivity contribution in [3.05, 3.63) is 48.8 Å². The molecule has 0 saturated carbocycles. The molecule has 0 fully saturated rings. The SMILES string of the molecule is CCCCCC=CCC=CCCCCCCCCCC(=O)OC[C@H](COP(=O)(O)OCCN)OC=CCCCCCCCCC=CCCCCCC. The van der Waals surface area contributed by atoms with Gasteiger partial charge in [0.05, 0.1) is 19.5 Å². The number of unbranched alkanes of at least 4 members (excludes halogenated alkanes) is 21. The van der Waals surface area contributed by atoms with Gasteiger partial charge in [0.25, 0.3) is 0 Å². The monoisotopic (exact) mass is 754 g/mol. The Bertz CT molecular complexity index is 936. The molecule has 3 N–H and O–H groups in total. The second-order valence-corrected chi connectivity index (χ2v) is 15.4. The van der Waals surface area contributed by atoms with Gasteiger partial charge in [-0.2, -0.15) is 0 Å². The third-order valence-corrected chi connectivity index (χ3v) is 9.79. The van der Waals surface area contributed by atoms with Crippen molar-refractivity contribution in [2.45, 2.75) is 193 Å². The summed E-state index contributed by atoms with van der Waals surface area (Å²) in [6.07, 6.45) is 47.9. The molecule has 0 aliphatic carbocycles. The quantitative estimate of drug-likeness (QED) is 0.0209. The summed E-state index contributed by atoms with van der Waals surface area (Å²) in [5, 5.41) is 0. The fourth-order valence-electron chi connectivity index (χ4n) is 5.59. The van der Waals surface area contributed by atoms with Crippen molar-refractivity contribution in [1.29, 1.82) is 0 Å². The standard InChI is InChI=1S/C43H80NO7P/c1-3-5-7-9-11-13-15-17-19-21-22-24-26-28-30-32-34-36-43(45)49-40-42(41-51-52(46,47)50-39-37-44)48-38-35-33-31-29-27-25-23-20-18-16-14-12-10-8-6-4-2/h11,13-14,16-17,19,35,38,42H,3-10,12,15,18,20-34,36-37,39-41,44H2,1-2H3,(H,46,47)/t42-/m1/s1. The number of esters is 1. The summed E-state index contributed by atoms with van der Waals surface area (Å²) in [6, 6.07) is 0. The molecule has 9 heteroatoms. The van der Waals surface area contributed by atoms with Crippen LogP contribution in [0.3, 0.4) is 0 Å². The van der Waals surface area contributed by atoms with Crippen molar-refractivity contribution in [3.8, 4) is 0 Å². The highest BCUT2D eigenvalue weighted by molar-refractivity contribution is 7.47. The molecule has 0 amide bonds. The van der Waals surface area contributed by atoms with Crippen LogP contribution in [0.5, 0.6) is 0 Å². The highest BCUT2D eigenvalue weighted by Gasteiger charge is 2.24. The van der Waals surface area contributed by atoms with Crippen molar-refractivity contribution in [1.82, 2.24) is 0 Å². The summed E-state index contributed by atoms with van der Waals surface area (Å²) >= 11 is 0. The Hall–Kier alpha value is -1.70. The molecular formula is C43H80NO7P. The number of nitrogens with two attached hydrogens (primary N) is 1. The van der Waals surface area contributed by atoms with Crippen molar-refractivity contribution in [2.24, 2.45) is 5.73 Å². The van der Waals surface area contributed by atoms with E-state index in [1.807, 2.05) is 6.08 Å². The maximum Gasteiger partial charge on any atom is 0.472 e. The summed E-state index contributed by atoms with van der Waals surface area (Å²) in [6.45, 7) is 4.16. The van der Waals surface area contributed by atoms with E-state index in [9.17, 15) is 14.3 Å². The summed E-state index contributed by atoms with van der Waals surface area (Å²) in [7, 11) is -4.27. The lowest BCUT2D eigenvalue weighted by atomic mass is 10.1. The second kappa shape index (κ2) is 40.5. The smallest absolute Gasteiger partial charge is 0.472 e. The van der Waals surface area contributed by atoms with Crippen LogP contribution in [0, 0.1) is 0 Å². The number of hydrogen-bond acceptors (Lipinski definition) is 7. The number of ether oxygens (including phenoxy) is 2. The van der Waals surface area contributed by atoms with Crippen molar-refractivity contribution >= 4 is 13.8 Å². The Labute approximate surface area is 320 Å². The molecular weight excluding hydrogens is 673 g/mol. The van der Waals surface area contributed by atoms with Gasteiger partial charge in [-0.15, -0.1) is 0 Å². The molecule has 0 aliphatic heterocycles. The minimum atomic E-state index is -4.27. The molecule has 0 aliphatic rings. The van der Waals surface area contributed by atoms with E-state index in [0.29, 0.717) is 6.42 Å². The second-order valence-electron chi connectivity index (χ2n) is 13.9. The number of phosphoric acid groups is 1. The predicted molar refractivity (Wildman–Crippen MR) is 219 cm³/mol. The van der Waals surface area contributed by atoms with Gasteiger partial charge in [-0.3, -0.25) is 13.8 Å². The van der Waals surface area contributed by atoms with Crippen LogP contribution in [0.1, 0.15) is 187 Å². The van der Waals surface area contributed by atoms with Gasteiger partial charge >= 0.3 is 13.8 Å². The van der Waals surface area contributed by atoms with E-state index in [-0.39, 0.29) is 32.3 Å². The highest BCUT2D eigenvalue weighted by atomic mass is 31.2. The minimum Gasteiger partial charge on any atom is -0.492 e. The van der Waals surface area contributed by atoms with Gasteiger partial charge in [0.2, 0.25) is 0 Å². The van der Waals surface area contributed by atoms with Crippen LogP contribution in [-0.4, -0.2) is 43.3 Å². The molecule has 0 spiro atoms. The Morgan fingerprint density at radius 3 is 1.58 bits per heavy atom. The lowest BCUT2D eigenvalue weighted by Crippen LogP contribution is -2.25. The third-order valence-electron chi connectivity index (χ3n) is 8.81. The zero-order valence-electron chi connectivity index (χ0n) is 33.5. The molecule has 0 saturated heterocycles. The number of phosphoric ester groups is 1. The average Bonchev–Trinajstić information content (AvgIpc) is 3.14. The van der Waals surface area contributed by atoms with Gasteiger partial charge in [0.15, 0.2) is 6.10 Å². The van der Waals surface area contributed by atoms with Crippen molar-refractivity contribution < 1.29 is 32.8 Å². The summed E-state index contributed by atoms with van der Waals surface area (Å²) in [5.74, 6) is -0.301. The molecule has 0 aromatic carbocycles. The molecule has 2 atom stereocenters. The van der Waals surface area contributed by atoms with Crippen LogP contribution in [-0.2, 0) is 27.9 Å². The van der Waals surface area contributed by atoms with Gasteiger partial charge in [0.1, 0.15) is 6.61 Å². The molecule has 52 heavy (non-hydrogen) atoms. The molecule has 1 unspecified atom stereocenters. The molecule has 0 bridgehead atoms. The maximum absolute atomic E-state index is 12.4. The topological polar surface area (TPSA) is 117 Å². The maximum atomic E-state index is 12.4. The molecule has 8 nitrogen and oxygen atoms in total. The van der Waals surface area contributed by atoms with Crippen LogP contribution in [0.2, 0.25) is 0 Å². The number of rotatable bonds is 40. The molecule has 0 heterocycles. The Kier molecular flexibility index (Phi) is 39.2. The van der Waals surface area contributed by atoms with Crippen LogP contribution < -0.4 is 5.73 Å². The number of hydrogen-bond donors (Lipinski definition) is 2. The zero-order chi connectivity index (χ0) is 38.1. The van der Waals surface area contributed by atoms with E-state index >= 15 is 0 Å². The van der Waals surface area contributed by atoms with Gasteiger partial charge in [-0.1, -0.05) is 140 Å². The van der Waals surface area contributed by atoms with Gasteiger partial charge in [-0.05, 0) is 83.1 Å². The highest BCUT2D eigenvalue weighted by Crippen LogP contribution is 2.43. The number of allylic oxidation sites excluding steroid dienone is 7. The molecule has 304 valence electrons. The fourth-order valence-corrected chi connectivity index (χ4v) is 6.36. The first-order valence-corrected chi connectivity index (χ1v) is 22.7. The number of carbonyl (C=O) groups excluding carboxylic acids is 1. The third kappa shape index (κ3) is 39.5. The van der Waals surface area contributed by atoms with E-state index in [4.69, 9.17) is 24.3 Å². The van der Waals surface area contributed by atoms with Gasteiger partial charge in [0, 0.05) is 13.0 Å². The van der Waals surface area contributed by atoms with E-state index < -0.39 is 13.9 Å². The normalized spacial score (nSPS) is 13.9.